The van der Waals surface area contributed by atoms with Crippen molar-refractivity contribution in [1.82, 2.24) is 15.3 Å². The summed E-state index contributed by atoms with van der Waals surface area (Å²) in [6.07, 6.45) is 2.41. The lowest BCUT2D eigenvalue weighted by Gasteiger charge is -2.26. The zero-order chi connectivity index (χ0) is 29.4. The molecule has 6 N–H and O–H groups in total. The first-order chi connectivity index (χ1) is 18.8. The van der Waals surface area contributed by atoms with Crippen LogP contribution < -0.4 is 22.1 Å². The third kappa shape index (κ3) is 9.55. The third-order valence-corrected chi connectivity index (χ3v) is 7.49. The molecule has 2 fully saturated rings. The van der Waals surface area contributed by atoms with Crippen LogP contribution in [0.4, 0.5) is 30.5 Å². The van der Waals surface area contributed by atoms with Crippen molar-refractivity contribution in [3.8, 4) is 0 Å². The summed E-state index contributed by atoms with van der Waals surface area (Å²) in [4.78, 5) is 19.4. The Hall–Kier alpha value is -2.50. The van der Waals surface area contributed by atoms with Gasteiger partial charge in [0.1, 0.15) is 0 Å². The van der Waals surface area contributed by atoms with Gasteiger partial charge in [-0.15, -0.1) is 0 Å². The number of nitrogens with zero attached hydrogens (tertiary/aromatic N) is 2. The van der Waals surface area contributed by atoms with Gasteiger partial charge >= 0.3 is 6.18 Å². The number of aromatic nitrogens is 2. The Morgan fingerprint density at radius 2 is 1.48 bits per heavy atom. The lowest BCUT2D eigenvalue weighted by molar-refractivity contribution is -0.141. The zero-order valence-corrected chi connectivity index (χ0v) is 24.1. The fraction of sp³-hybridized carbons (Fsp3) is 0.346. The number of nitrogen functional groups attached to an aromatic ring is 1. The van der Waals surface area contributed by atoms with Crippen LogP contribution in [0.5, 0.6) is 0 Å². The fourth-order valence-corrected chi connectivity index (χ4v) is 3.90. The number of rotatable bonds is 4. The molecule has 0 radical (unpaired) electrons. The number of hydrogen-bond acceptors (Lipinski definition) is 6. The standard InChI is InChI=1S/C16H13Cl2F3N4O.C6H5Cl2N.C4H9N/c17-11-5-4-9(6-12(11)18)24-15-22-7-10(13(25-15)16(19,20)21)14(26)23-8-2-1-3-8;7-5-2-1-4(9)3-6(5)8;5-4-2-1-3-4/h4-8H,1-3H2,(H,23,26)(H,22,24,25);1-3H,9H2;4H,1-3,5H2. The highest BCUT2D eigenvalue weighted by molar-refractivity contribution is 6.42. The molecule has 0 saturated heterocycles. The molecule has 0 bridgehead atoms. The second-order valence-electron chi connectivity index (χ2n) is 9.17. The molecule has 0 aliphatic heterocycles. The number of alkyl halides is 3. The summed E-state index contributed by atoms with van der Waals surface area (Å²) in [7, 11) is 0. The van der Waals surface area contributed by atoms with Crippen molar-refractivity contribution >= 4 is 69.6 Å². The number of hydrogen-bond donors (Lipinski definition) is 4. The summed E-state index contributed by atoms with van der Waals surface area (Å²) in [5.74, 6) is -1.14. The lowest BCUT2D eigenvalue weighted by atomic mass is 9.93. The molecule has 7 nitrogen and oxygen atoms in total. The van der Waals surface area contributed by atoms with Gasteiger partial charge in [-0.3, -0.25) is 4.79 Å². The molecule has 1 amide bonds. The molecule has 2 saturated carbocycles. The number of anilines is 3. The van der Waals surface area contributed by atoms with Gasteiger partial charge in [-0.1, -0.05) is 52.8 Å². The minimum atomic E-state index is -4.80. The van der Waals surface area contributed by atoms with E-state index in [1.165, 1.54) is 37.5 Å². The zero-order valence-electron chi connectivity index (χ0n) is 21.0. The summed E-state index contributed by atoms with van der Waals surface area (Å²) in [6, 6.07) is 9.88. The van der Waals surface area contributed by atoms with Crippen LogP contribution in [0.25, 0.3) is 0 Å². The molecule has 2 aliphatic rings. The van der Waals surface area contributed by atoms with E-state index in [1.54, 1.807) is 18.2 Å². The molecule has 2 aliphatic carbocycles. The average molecular weight is 638 g/mol. The smallest absolute Gasteiger partial charge is 0.399 e. The SMILES string of the molecule is NC1CCC1.Nc1ccc(Cl)c(Cl)c1.O=C(NC1CCC1)c1cnc(Nc2ccc(Cl)c(Cl)c2)nc1C(F)(F)F. The maximum absolute atomic E-state index is 13.3. The summed E-state index contributed by atoms with van der Waals surface area (Å²) < 4.78 is 40.0. The monoisotopic (exact) mass is 636 g/mol. The largest absolute Gasteiger partial charge is 0.434 e. The van der Waals surface area contributed by atoms with Gasteiger partial charge in [-0.2, -0.15) is 13.2 Å². The van der Waals surface area contributed by atoms with Gasteiger partial charge in [0.15, 0.2) is 5.69 Å². The normalized spacial score (nSPS) is 14.9. The Labute approximate surface area is 249 Å². The maximum atomic E-state index is 13.3. The van der Waals surface area contributed by atoms with E-state index in [2.05, 4.69) is 20.6 Å². The number of benzene rings is 2. The second kappa shape index (κ2) is 14.4. The Balaban J connectivity index is 0.000000255. The van der Waals surface area contributed by atoms with Crippen LogP contribution in [0.15, 0.2) is 42.6 Å². The van der Waals surface area contributed by atoms with Crippen LogP contribution >= 0.6 is 46.4 Å². The first-order valence-electron chi connectivity index (χ1n) is 12.3. The van der Waals surface area contributed by atoms with E-state index in [1.807, 2.05) is 0 Å². The van der Waals surface area contributed by atoms with Crippen LogP contribution in [0.2, 0.25) is 20.1 Å². The number of amides is 1. The van der Waals surface area contributed by atoms with Crippen LogP contribution in [-0.2, 0) is 6.18 Å². The first-order valence-corrected chi connectivity index (χ1v) is 13.8. The van der Waals surface area contributed by atoms with Gasteiger partial charge in [-0.25, -0.2) is 9.97 Å². The average Bonchev–Trinajstić information content (AvgIpc) is 2.85. The predicted octanol–water partition coefficient (Wildman–Crippen LogP) is 7.90. The van der Waals surface area contributed by atoms with Gasteiger partial charge in [-0.05, 0) is 68.5 Å². The molecule has 2 aromatic carbocycles. The van der Waals surface area contributed by atoms with E-state index in [0.717, 1.165) is 25.5 Å². The number of halogens is 7. The van der Waals surface area contributed by atoms with Gasteiger partial charge in [0, 0.05) is 29.7 Å². The molecule has 0 unspecified atom stereocenters. The maximum Gasteiger partial charge on any atom is 0.434 e. The molecule has 5 rings (SSSR count). The van der Waals surface area contributed by atoms with Gasteiger partial charge in [0.2, 0.25) is 5.95 Å². The van der Waals surface area contributed by atoms with E-state index in [0.29, 0.717) is 32.5 Å². The number of nitrogens with two attached hydrogens (primary N) is 2. The Morgan fingerprint density at radius 3 is 1.93 bits per heavy atom. The van der Waals surface area contributed by atoms with Crippen molar-refractivity contribution in [2.45, 2.75) is 56.8 Å². The highest BCUT2D eigenvalue weighted by Gasteiger charge is 2.38. The summed E-state index contributed by atoms with van der Waals surface area (Å²) >= 11 is 22.9. The molecule has 40 heavy (non-hydrogen) atoms. The number of carbonyl (C=O) groups excluding carboxylic acids is 1. The molecule has 3 aromatic rings. The summed E-state index contributed by atoms with van der Waals surface area (Å²) in [5.41, 5.74) is 9.85. The fourth-order valence-electron chi connectivity index (χ4n) is 3.30. The Morgan fingerprint density at radius 1 is 0.900 bits per heavy atom. The second-order valence-corrected chi connectivity index (χ2v) is 10.8. The van der Waals surface area contributed by atoms with Crippen molar-refractivity contribution in [3.63, 3.8) is 0 Å². The van der Waals surface area contributed by atoms with Crippen molar-refractivity contribution in [2.24, 2.45) is 5.73 Å². The van der Waals surface area contributed by atoms with E-state index in [9.17, 15) is 18.0 Å². The number of nitrogens with one attached hydrogen (secondary N) is 2. The molecular formula is C26H27Cl4F3N6O. The van der Waals surface area contributed by atoms with E-state index in [4.69, 9.17) is 57.9 Å². The van der Waals surface area contributed by atoms with Gasteiger partial charge in [0.05, 0.1) is 25.7 Å². The van der Waals surface area contributed by atoms with Crippen molar-refractivity contribution in [3.05, 3.63) is 73.9 Å². The lowest BCUT2D eigenvalue weighted by Crippen LogP contribution is -2.40. The van der Waals surface area contributed by atoms with Crippen molar-refractivity contribution in [2.75, 3.05) is 11.1 Å². The molecule has 14 heteroatoms. The Kier molecular flexibility index (Phi) is 11.5. The number of carbonyl (C=O) groups is 1. The molecule has 1 aromatic heterocycles. The first kappa shape index (κ1) is 32.0. The summed E-state index contributed by atoms with van der Waals surface area (Å²) in [5, 5.41) is 6.73. The van der Waals surface area contributed by atoms with Crippen LogP contribution in [0.1, 0.15) is 54.6 Å². The van der Waals surface area contributed by atoms with Crippen molar-refractivity contribution in [1.29, 1.82) is 0 Å². The quantitative estimate of drug-likeness (QED) is 0.216. The topological polar surface area (TPSA) is 119 Å². The molecule has 0 spiro atoms. The highest BCUT2D eigenvalue weighted by Crippen LogP contribution is 2.32. The van der Waals surface area contributed by atoms with Crippen LogP contribution in [0.3, 0.4) is 0 Å². The van der Waals surface area contributed by atoms with Crippen LogP contribution in [0, 0.1) is 0 Å². The van der Waals surface area contributed by atoms with E-state index in [-0.39, 0.29) is 17.0 Å². The Bertz CT molecular complexity index is 1320. The molecule has 1 heterocycles. The van der Waals surface area contributed by atoms with Gasteiger partial charge < -0.3 is 22.1 Å². The molecular weight excluding hydrogens is 611 g/mol. The van der Waals surface area contributed by atoms with Crippen LogP contribution in [-0.4, -0.2) is 28.0 Å². The third-order valence-electron chi connectivity index (χ3n) is 6.01. The van der Waals surface area contributed by atoms with E-state index < -0.39 is 23.3 Å². The minimum Gasteiger partial charge on any atom is -0.399 e. The molecule has 0 atom stereocenters. The highest BCUT2D eigenvalue weighted by atomic mass is 35.5. The molecule has 216 valence electrons. The summed E-state index contributed by atoms with van der Waals surface area (Å²) in [6.45, 7) is 0. The van der Waals surface area contributed by atoms with Gasteiger partial charge in [0.25, 0.3) is 5.91 Å². The minimum absolute atomic E-state index is 0.0994. The van der Waals surface area contributed by atoms with Crippen molar-refractivity contribution < 1.29 is 18.0 Å². The predicted molar refractivity (Wildman–Crippen MR) is 155 cm³/mol. The van der Waals surface area contributed by atoms with E-state index >= 15 is 0 Å².